The molecule has 0 bridgehead atoms. The first-order valence-electron chi connectivity index (χ1n) is 10.9. The summed E-state index contributed by atoms with van der Waals surface area (Å²) in [6, 6.07) is 6.03. The Morgan fingerprint density at radius 2 is 1.81 bits per heavy atom. The summed E-state index contributed by atoms with van der Waals surface area (Å²) in [5.41, 5.74) is 5.72. The van der Waals surface area contributed by atoms with E-state index in [1.807, 2.05) is 6.20 Å². The molecule has 0 aliphatic heterocycles. The summed E-state index contributed by atoms with van der Waals surface area (Å²) in [6.45, 7) is 15.6. The van der Waals surface area contributed by atoms with E-state index in [0.717, 1.165) is 45.4 Å². The molecule has 0 saturated heterocycles. The Balaban J connectivity index is 1.77. The van der Waals surface area contributed by atoms with Crippen LogP contribution in [-0.4, -0.2) is 32.9 Å². The van der Waals surface area contributed by atoms with Crippen LogP contribution in [-0.2, 0) is 4.43 Å². The molecule has 1 atom stereocenters. The minimum absolute atomic E-state index is 0.0142. The highest BCUT2D eigenvalue weighted by Gasteiger charge is 2.39. The van der Waals surface area contributed by atoms with E-state index in [1.165, 1.54) is 0 Å². The van der Waals surface area contributed by atoms with Crippen molar-refractivity contribution < 1.29 is 4.43 Å². The van der Waals surface area contributed by atoms with E-state index in [1.54, 1.807) is 23.1 Å². The Bertz CT molecular complexity index is 1300. The lowest BCUT2D eigenvalue weighted by atomic mass is 10.0. The van der Waals surface area contributed by atoms with Gasteiger partial charge in [-0.05, 0) is 49.2 Å². The number of hydrogen-bond donors (Lipinski definition) is 0. The van der Waals surface area contributed by atoms with Crippen molar-refractivity contribution in [3.63, 3.8) is 0 Å². The number of halogens is 1. The van der Waals surface area contributed by atoms with E-state index in [4.69, 9.17) is 21.0 Å². The lowest BCUT2D eigenvalue weighted by Crippen LogP contribution is -2.41. The molecule has 168 valence electrons. The lowest BCUT2D eigenvalue weighted by Gasteiger charge is -2.39. The van der Waals surface area contributed by atoms with E-state index in [2.05, 4.69) is 74.9 Å². The van der Waals surface area contributed by atoms with Gasteiger partial charge >= 0.3 is 0 Å². The van der Waals surface area contributed by atoms with Gasteiger partial charge in [-0.2, -0.15) is 5.10 Å². The summed E-state index contributed by atoms with van der Waals surface area (Å²) in [7, 11) is -1.91. The van der Waals surface area contributed by atoms with Crippen LogP contribution < -0.4 is 0 Å². The van der Waals surface area contributed by atoms with Crippen LogP contribution in [0.25, 0.3) is 27.7 Å². The highest BCUT2D eigenvalue weighted by Crippen LogP contribution is 2.40. The Morgan fingerprint density at radius 1 is 1.06 bits per heavy atom. The fraction of sp³-hybridized carbons (Fsp3) is 0.417. The third-order valence-electron chi connectivity index (χ3n) is 6.56. The topological polar surface area (TPSA) is 65.2 Å². The summed E-state index contributed by atoms with van der Waals surface area (Å²) in [5.74, 6) is 0. The number of aromatic nitrogens is 5. The summed E-state index contributed by atoms with van der Waals surface area (Å²) >= 11 is 6.11. The van der Waals surface area contributed by atoms with Gasteiger partial charge in [-0.15, -0.1) is 0 Å². The van der Waals surface area contributed by atoms with E-state index < -0.39 is 8.32 Å². The summed E-state index contributed by atoms with van der Waals surface area (Å²) in [6.07, 6.45) is 6.12. The molecule has 0 aliphatic carbocycles. The SMILES string of the molecule is CC[C@H](O[Si](C)(C)C(C)(C)C)c1cc(C)c(-c2cc3cnc(Cl)cc3n3ncnc23)cn1. The first-order valence-corrected chi connectivity index (χ1v) is 14.2. The molecule has 0 aromatic carbocycles. The number of rotatable bonds is 5. The predicted molar refractivity (Wildman–Crippen MR) is 133 cm³/mol. The zero-order valence-corrected chi connectivity index (χ0v) is 21.5. The van der Waals surface area contributed by atoms with Gasteiger partial charge in [0.2, 0.25) is 0 Å². The number of pyridine rings is 3. The standard InChI is InChI=1S/C24H30ClN5OSi/c1-8-21(31-32(6,7)24(3,4)5)19-9-15(2)18(13-26-19)17-10-16-12-27-22(25)11-20(16)30-23(17)28-14-29-30/h9-14,21H,8H2,1-7H3/t21-/m0/s1. The quantitative estimate of drug-likeness (QED) is 0.239. The Hall–Kier alpha value is -2.35. The highest BCUT2D eigenvalue weighted by atomic mass is 35.5. The smallest absolute Gasteiger partial charge is 0.192 e. The van der Waals surface area contributed by atoms with E-state index in [9.17, 15) is 0 Å². The van der Waals surface area contributed by atoms with Crippen LogP contribution in [0.15, 0.2) is 36.9 Å². The molecule has 0 fully saturated rings. The lowest BCUT2D eigenvalue weighted by molar-refractivity contribution is 0.175. The molecule has 0 amide bonds. The molecule has 0 N–H and O–H groups in total. The van der Waals surface area contributed by atoms with Crippen molar-refractivity contribution in [2.75, 3.05) is 0 Å². The second-order valence-electron chi connectivity index (χ2n) is 9.82. The van der Waals surface area contributed by atoms with Gasteiger partial charge < -0.3 is 4.43 Å². The molecule has 0 unspecified atom stereocenters. The molecule has 32 heavy (non-hydrogen) atoms. The van der Waals surface area contributed by atoms with Gasteiger partial charge in [-0.25, -0.2) is 14.5 Å². The van der Waals surface area contributed by atoms with Gasteiger partial charge in [0, 0.05) is 35.0 Å². The zero-order chi connectivity index (χ0) is 23.3. The molecule has 8 heteroatoms. The van der Waals surface area contributed by atoms with Gasteiger partial charge in [0.05, 0.1) is 17.3 Å². The number of fused-ring (bicyclic) bond motifs is 3. The van der Waals surface area contributed by atoms with Crippen LogP contribution >= 0.6 is 11.6 Å². The van der Waals surface area contributed by atoms with E-state index in [0.29, 0.717) is 5.15 Å². The average Bonchev–Trinajstić information content (AvgIpc) is 3.21. The third-order valence-corrected chi connectivity index (χ3v) is 11.3. The van der Waals surface area contributed by atoms with Crippen molar-refractivity contribution in [3.8, 4) is 11.1 Å². The number of aryl methyl sites for hydroxylation is 1. The second kappa shape index (κ2) is 8.21. The maximum atomic E-state index is 6.69. The van der Waals surface area contributed by atoms with Crippen molar-refractivity contribution >= 4 is 36.5 Å². The zero-order valence-electron chi connectivity index (χ0n) is 19.8. The van der Waals surface area contributed by atoms with Crippen LogP contribution in [0.4, 0.5) is 0 Å². The largest absolute Gasteiger partial charge is 0.408 e. The summed E-state index contributed by atoms with van der Waals surface area (Å²) in [4.78, 5) is 13.6. The molecular formula is C24H30ClN5OSi. The highest BCUT2D eigenvalue weighted by molar-refractivity contribution is 6.74. The fourth-order valence-corrected chi connectivity index (χ4v) is 5.17. The van der Waals surface area contributed by atoms with Gasteiger partial charge in [-0.1, -0.05) is 39.3 Å². The predicted octanol–water partition coefficient (Wildman–Crippen LogP) is 6.77. The van der Waals surface area contributed by atoms with Crippen molar-refractivity contribution in [1.29, 1.82) is 0 Å². The van der Waals surface area contributed by atoms with Crippen molar-refractivity contribution in [1.82, 2.24) is 24.6 Å². The molecule has 4 rings (SSSR count). The number of nitrogens with zero attached hydrogens (tertiary/aromatic N) is 5. The van der Waals surface area contributed by atoms with Gasteiger partial charge in [0.25, 0.3) is 0 Å². The van der Waals surface area contributed by atoms with Crippen LogP contribution in [0.3, 0.4) is 0 Å². The third kappa shape index (κ3) is 4.05. The molecule has 0 saturated carbocycles. The molecule has 4 aromatic heterocycles. The Morgan fingerprint density at radius 3 is 2.47 bits per heavy atom. The molecule has 0 spiro atoms. The molecule has 4 heterocycles. The second-order valence-corrected chi connectivity index (χ2v) is 15.0. The molecule has 4 aromatic rings. The summed E-state index contributed by atoms with van der Waals surface area (Å²) in [5, 5.41) is 5.93. The Labute approximate surface area is 195 Å². The normalized spacial score (nSPS) is 13.8. The minimum Gasteiger partial charge on any atom is -0.408 e. The van der Waals surface area contributed by atoms with Crippen molar-refractivity contribution in [2.24, 2.45) is 0 Å². The number of hydrogen-bond acceptors (Lipinski definition) is 5. The van der Waals surface area contributed by atoms with Crippen LogP contribution in [0.1, 0.15) is 51.5 Å². The van der Waals surface area contributed by atoms with Gasteiger partial charge in [-0.3, -0.25) is 4.98 Å². The molecule has 0 aliphatic rings. The molecule has 6 nitrogen and oxygen atoms in total. The molecule has 0 radical (unpaired) electrons. The van der Waals surface area contributed by atoms with Crippen LogP contribution in [0.2, 0.25) is 23.3 Å². The van der Waals surface area contributed by atoms with Crippen molar-refractivity contribution in [3.05, 3.63) is 53.3 Å². The van der Waals surface area contributed by atoms with Crippen LogP contribution in [0, 0.1) is 6.92 Å². The van der Waals surface area contributed by atoms with E-state index >= 15 is 0 Å². The first-order chi connectivity index (χ1) is 15.0. The van der Waals surface area contributed by atoms with Crippen LogP contribution in [0.5, 0.6) is 0 Å². The van der Waals surface area contributed by atoms with Gasteiger partial charge in [0.15, 0.2) is 14.0 Å². The summed E-state index contributed by atoms with van der Waals surface area (Å²) < 4.78 is 8.50. The van der Waals surface area contributed by atoms with E-state index in [-0.39, 0.29) is 11.1 Å². The van der Waals surface area contributed by atoms with Crippen molar-refractivity contribution in [2.45, 2.75) is 65.3 Å². The fourth-order valence-electron chi connectivity index (χ4n) is 3.67. The first kappa shape index (κ1) is 22.8. The average molecular weight is 468 g/mol. The van der Waals surface area contributed by atoms with Gasteiger partial charge in [0.1, 0.15) is 11.5 Å². The maximum absolute atomic E-state index is 6.69. The Kier molecular flexibility index (Phi) is 5.86. The monoisotopic (exact) mass is 467 g/mol. The molecular weight excluding hydrogens is 438 g/mol. The minimum atomic E-state index is -1.91. The maximum Gasteiger partial charge on any atom is 0.192 e.